The molecule has 88 valence electrons. The lowest BCUT2D eigenvalue weighted by Crippen LogP contribution is -2.55. The molecule has 0 aromatic heterocycles. The van der Waals surface area contributed by atoms with Crippen LogP contribution in [0, 0.1) is 5.92 Å². The number of hydrogen-bond acceptors (Lipinski definition) is 3. The third kappa shape index (κ3) is 2.71. The summed E-state index contributed by atoms with van der Waals surface area (Å²) in [7, 11) is 0. The summed E-state index contributed by atoms with van der Waals surface area (Å²) < 4.78 is 5.37. The standard InChI is InChI=1S/C12H23NO2/c1-10-3-2-5-12(7-10,9-14)13-11-4-6-15-8-11/h10-11,13-14H,2-9H2,1H3. The summed E-state index contributed by atoms with van der Waals surface area (Å²) >= 11 is 0. The van der Waals surface area contributed by atoms with Crippen LogP contribution in [0.2, 0.25) is 0 Å². The molecule has 2 aliphatic rings. The highest BCUT2D eigenvalue weighted by Crippen LogP contribution is 2.32. The molecule has 0 amide bonds. The van der Waals surface area contributed by atoms with Crippen molar-refractivity contribution in [3.05, 3.63) is 0 Å². The van der Waals surface area contributed by atoms with Crippen LogP contribution in [-0.2, 0) is 4.74 Å². The SMILES string of the molecule is CC1CCCC(CO)(NC2CCOC2)C1. The molecule has 1 heterocycles. The third-order valence-corrected chi connectivity index (χ3v) is 3.83. The van der Waals surface area contributed by atoms with Crippen molar-refractivity contribution in [2.24, 2.45) is 5.92 Å². The van der Waals surface area contributed by atoms with Gasteiger partial charge in [0.15, 0.2) is 0 Å². The molecule has 1 aliphatic carbocycles. The average Bonchev–Trinajstić information content (AvgIpc) is 2.70. The first-order valence-corrected chi connectivity index (χ1v) is 6.20. The van der Waals surface area contributed by atoms with Crippen LogP contribution in [0.4, 0.5) is 0 Å². The summed E-state index contributed by atoms with van der Waals surface area (Å²) in [6.45, 7) is 4.25. The summed E-state index contributed by atoms with van der Waals surface area (Å²) in [6.07, 6.45) is 5.87. The van der Waals surface area contributed by atoms with Gasteiger partial charge in [-0.1, -0.05) is 19.8 Å². The van der Waals surface area contributed by atoms with E-state index in [0.717, 1.165) is 38.4 Å². The zero-order chi connectivity index (χ0) is 10.7. The van der Waals surface area contributed by atoms with Crippen molar-refractivity contribution in [1.82, 2.24) is 5.32 Å². The molecule has 2 fully saturated rings. The number of ether oxygens (including phenoxy) is 1. The molecule has 3 nitrogen and oxygen atoms in total. The molecule has 3 unspecified atom stereocenters. The Kier molecular flexibility index (Phi) is 3.65. The largest absolute Gasteiger partial charge is 0.394 e. The van der Waals surface area contributed by atoms with E-state index in [4.69, 9.17) is 4.74 Å². The Morgan fingerprint density at radius 2 is 2.33 bits per heavy atom. The van der Waals surface area contributed by atoms with E-state index < -0.39 is 0 Å². The fourth-order valence-corrected chi connectivity index (χ4v) is 3.06. The molecule has 2 rings (SSSR count). The molecule has 0 aromatic carbocycles. The van der Waals surface area contributed by atoms with Crippen LogP contribution in [0.5, 0.6) is 0 Å². The minimum Gasteiger partial charge on any atom is -0.394 e. The van der Waals surface area contributed by atoms with Gasteiger partial charge in [-0.15, -0.1) is 0 Å². The van der Waals surface area contributed by atoms with Crippen molar-refractivity contribution in [3.63, 3.8) is 0 Å². The normalized spacial score (nSPS) is 42.0. The van der Waals surface area contributed by atoms with Crippen molar-refractivity contribution in [2.45, 2.75) is 50.6 Å². The van der Waals surface area contributed by atoms with Crippen molar-refractivity contribution >= 4 is 0 Å². The molecule has 15 heavy (non-hydrogen) atoms. The Hall–Kier alpha value is -0.120. The summed E-state index contributed by atoms with van der Waals surface area (Å²) in [5.74, 6) is 0.737. The minimum absolute atomic E-state index is 0.0178. The highest BCUT2D eigenvalue weighted by atomic mass is 16.5. The summed E-state index contributed by atoms with van der Waals surface area (Å²) in [4.78, 5) is 0. The van der Waals surface area contributed by atoms with Gasteiger partial charge in [0.2, 0.25) is 0 Å². The van der Waals surface area contributed by atoms with E-state index in [1.54, 1.807) is 0 Å². The number of rotatable bonds is 3. The molecule has 0 bridgehead atoms. The summed E-state index contributed by atoms with van der Waals surface area (Å²) in [6, 6.07) is 0.461. The van der Waals surface area contributed by atoms with Crippen molar-refractivity contribution in [1.29, 1.82) is 0 Å². The molecular formula is C12H23NO2. The molecule has 1 saturated carbocycles. The number of nitrogens with one attached hydrogen (secondary N) is 1. The van der Waals surface area contributed by atoms with E-state index in [-0.39, 0.29) is 12.1 Å². The van der Waals surface area contributed by atoms with Gasteiger partial charge in [-0.05, 0) is 25.2 Å². The zero-order valence-electron chi connectivity index (χ0n) is 9.67. The highest BCUT2D eigenvalue weighted by Gasteiger charge is 2.36. The first-order valence-electron chi connectivity index (χ1n) is 6.20. The maximum Gasteiger partial charge on any atom is 0.0620 e. The summed E-state index contributed by atoms with van der Waals surface area (Å²) in [5, 5.41) is 13.3. The predicted molar refractivity (Wildman–Crippen MR) is 59.8 cm³/mol. The Morgan fingerprint density at radius 3 is 2.93 bits per heavy atom. The van der Waals surface area contributed by atoms with E-state index in [2.05, 4.69) is 12.2 Å². The highest BCUT2D eigenvalue weighted by molar-refractivity contribution is 4.95. The van der Waals surface area contributed by atoms with Crippen molar-refractivity contribution < 1.29 is 9.84 Å². The van der Waals surface area contributed by atoms with Crippen LogP contribution in [0.3, 0.4) is 0 Å². The minimum atomic E-state index is -0.0178. The van der Waals surface area contributed by atoms with Gasteiger partial charge in [0.25, 0.3) is 0 Å². The van der Waals surface area contributed by atoms with Gasteiger partial charge in [-0.2, -0.15) is 0 Å². The van der Waals surface area contributed by atoms with Crippen molar-refractivity contribution in [2.75, 3.05) is 19.8 Å². The molecule has 3 heteroatoms. The van der Waals surface area contributed by atoms with Crippen LogP contribution in [0.15, 0.2) is 0 Å². The smallest absolute Gasteiger partial charge is 0.0620 e. The van der Waals surface area contributed by atoms with Gasteiger partial charge in [0.05, 0.1) is 13.2 Å². The number of aliphatic hydroxyl groups excluding tert-OH is 1. The first-order chi connectivity index (χ1) is 7.24. The van der Waals surface area contributed by atoms with Crippen LogP contribution in [-0.4, -0.2) is 36.5 Å². The monoisotopic (exact) mass is 213 g/mol. The average molecular weight is 213 g/mol. The van der Waals surface area contributed by atoms with Crippen LogP contribution >= 0.6 is 0 Å². The second-order valence-electron chi connectivity index (χ2n) is 5.34. The van der Waals surface area contributed by atoms with Gasteiger partial charge < -0.3 is 15.2 Å². The van der Waals surface area contributed by atoms with E-state index in [0.29, 0.717) is 6.04 Å². The Bertz CT molecular complexity index is 204. The van der Waals surface area contributed by atoms with Crippen molar-refractivity contribution in [3.8, 4) is 0 Å². The Labute approximate surface area is 92.2 Å². The van der Waals surface area contributed by atoms with E-state index in [9.17, 15) is 5.11 Å². The van der Waals surface area contributed by atoms with Crippen LogP contribution < -0.4 is 5.32 Å². The molecule has 2 N–H and O–H groups in total. The fourth-order valence-electron chi connectivity index (χ4n) is 3.06. The fraction of sp³-hybridized carbons (Fsp3) is 1.00. The topological polar surface area (TPSA) is 41.5 Å². The van der Waals surface area contributed by atoms with Gasteiger partial charge >= 0.3 is 0 Å². The van der Waals surface area contributed by atoms with E-state index in [1.165, 1.54) is 12.8 Å². The second-order valence-corrected chi connectivity index (χ2v) is 5.34. The lowest BCUT2D eigenvalue weighted by atomic mass is 9.76. The molecule has 1 saturated heterocycles. The molecule has 3 atom stereocenters. The maximum absolute atomic E-state index is 9.62. The van der Waals surface area contributed by atoms with E-state index in [1.807, 2.05) is 0 Å². The number of hydrogen-bond donors (Lipinski definition) is 2. The molecule has 1 aliphatic heterocycles. The lowest BCUT2D eigenvalue weighted by molar-refractivity contribution is 0.0844. The third-order valence-electron chi connectivity index (χ3n) is 3.83. The van der Waals surface area contributed by atoms with Gasteiger partial charge in [0.1, 0.15) is 0 Å². The number of aliphatic hydroxyl groups is 1. The van der Waals surface area contributed by atoms with Crippen LogP contribution in [0.1, 0.15) is 39.0 Å². The molecule has 0 radical (unpaired) electrons. The maximum atomic E-state index is 9.62. The Morgan fingerprint density at radius 1 is 1.47 bits per heavy atom. The van der Waals surface area contributed by atoms with Gasteiger partial charge in [0, 0.05) is 18.2 Å². The summed E-state index contributed by atoms with van der Waals surface area (Å²) in [5.41, 5.74) is -0.0178. The lowest BCUT2D eigenvalue weighted by Gasteiger charge is -2.41. The van der Waals surface area contributed by atoms with E-state index >= 15 is 0 Å². The van der Waals surface area contributed by atoms with Gasteiger partial charge in [-0.25, -0.2) is 0 Å². The Balaban J connectivity index is 1.93. The molecule has 0 spiro atoms. The second kappa shape index (κ2) is 4.81. The van der Waals surface area contributed by atoms with Crippen LogP contribution in [0.25, 0.3) is 0 Å². The first kappa shape index (κ1) is 11.4. The molecular weight excluding hydrogens is 190 g/mol. The van der Waals surface area contributed by atoms with Gasteiger partial charge in [-0.3, -0.25) is 0 Å². The zero-order valence-corrected chi connectivity index (χ0v) is 9.67. The predicted octanol–water partition coefficient (Wildman–Crippen LogP) is 1.31. The quantitative estimate of drug-likeness (QED) is 0.742. The molecule has 0 aromatic rings.